The van der Waals surface area contributed by atoms with Crippen LogP contribution in [-0.2, 0) is 17.5 Å². The van der Waals surface area contributed by atoms with E-state index in [0.717, 1.165) is 36.3 Å². The van der Waals surface area contributed by atoms with Gasteiger partial charge in [0.2, 0.25) is 0 Å². The highest BCUT2D eigenvalue weighted by Gasteiger charge is 2.59. The van der Waals surface area contributed by atoms with Crippen molar-refractivity contribution in [1.29, 1.82) is 0 Å². The molecular formula is C23H21F3N4OS. The molecule has 2 aliphatic rings. The molecule has 0 bridgehead atoms. The summed E-state index contributed by atoms with van der Waals surface area (Å²) in [6.07, 6.45) is -2.72. The minimum absolute atomic E-state index is 0.0257. The molecule has 1 amide bonds. The number of hydrogen-bond donors (Lipinski definition) is 0. The lowest BCUT2D eigenvalue weighted by Gasteiger charge is -2.43. The van der Waals surface area contributed by atoms with Gasteiger partial charge in [-0.05, 0) is 75.4 Å². The molecule has 9 heteroatoms. The van der Waals surface area contributed by atoms with Crippen LogP contribution in [-0.4, -0.2) is 35.6 Å². The highest BCUT2D eigenvalue weighted by atomic mass is 32.1. The average molecular weight is 459 g/mol. The normalized spacial score (nSPS) is 17.8. The number of anilines is 2. The minimum Gasteiger partial charge on any atom is -0.305 e. The number of benzene rings is 2. The number of hydrogen-bond acceptors (Lipinski definition) is 3. The van der Waals surface area contributed by atoms with Crippen molar-refractivity contribution in [2.24, 2.45) is 0 Å². The van der Waals surface area contributed by atoms with Crippen LogP contribution in [0.3, 0.4) is 0 Å². The number of alkyl halides is 3. The molecule has 32 heavy (non-hydrogen) atoms. The predicted molar refractivity (Wildman–Crippen MR) is 121 cm³/mol. The number of nitrogens with zero attached hydrogens (tertiary/aromatic N) is 4. The van der Waals surface area contributed by atoms with Crippen LogP contribution in [0.4, 0.5) is 30.2 Å². The van der Waals surface area contributed by atoms with Gasteiger partial charge in [-0.25, -0.2) is 4.85 Å². The molecule has 1 saturated heterocycles. The number of rotatable bonds is 4. The maximum absolute atomic E-state index is 13.5. The van der Waals surface area contributed by atoms with E-state index in [1.54, 1.807) is 4.90 Å². The molecular weight excluding hydrogens is 437 g/mol. The van der Waals surface area contributed by atoms with Gasteiger partial charge >= 0.3 is 6.18 Å². The van der Waals surface area contributed by atoms with Crippen molar-refractivity contribution < 1.29 is 18.0 Å². The van der Waals surface area contributed by atoms with Gasteiger partial charge < -0.3 is 9.80 Å². The Bertz CT molecular complexity index is 1120. The van der Waals surface area contributed by atoms with Gasteiger partial charge in [0, 0.05) is 17.9 Å². The third-order valence-corrected chi connectivity index (χ3v) is 6.32. The fraction of sp³-hybridized carbons (Fsp3) is 0.348. The van der Waals surface area contributed by atoms with E-state index in [0.29, 0.717) is 12.8 Å². The third kappa shape index (κ3) is 3.53. The molecule has 2 aromatic carbocycles. The maximum atomic E-state index is 13.5. The Balaban J connectivity index is 1.75. The lowest BCUT2D eigenvalue weighted by molar-refractivity contribution is -0.136. The van der Waals surface area contributed by atoms with Gasteiger partial charge in [0.25, 0.3) is 5.91 Å². The van der Waals surface area contributed by atoms with Gasteiger partial charge in [0.15, 0.2) is 10.8 Å². The van der Waals surface area contributed by atoms with Crippen molar-refractivity contribution in [3.8, 4) is 0 Å². The second-order valence-electron chi connectivity index (χ2n) is 8.36. The Labute approximate surface area is 189 Å². The summed E-state index contributed by atoms with van der Waals surface area (Å²) in [6, 6.07) is 11.0. The molecule has 1 spiro atoms. The van der Waals surface area contributed by atoms with Crippen LogP contribution in [0.25, 0.3) is 4.85 Å². The number of carbonyl (C=O) groups is 1. The topological polar surface area (TPSA) is 31.2 Å². The Morgan fingerprint density at radius 3 is 2.25 bits per heavy atom. The highest BCUT2D eigenvalue weighted by Crippen LogP contribution is 2.48. The fourth-order valence-electron chi connectivity index (χ4n) is 4.31. The van der Waals surface area contributed by atoms with Crippen molar-refractivity contribution in [2.45, 2.75) is 37.5 Å². The predicted octanol–water partition coefficient (Wildman–Crippen LogP) is 5.38. The molecule has 166 valence electrons. The first-order chi connectivity index (χ1) is 15.1. The molecule has 2 fully saturated rings. The van der Waals surface area contributed by atoms with Gasteiger partial charge in [-0.15, -0.1) is 0 Å². The van der Waals surface area contributed by atoms with Crippen LogP contribution in [0.1, 0.15) is 30.4 Å². The Kier molecular flexibility index (Phi) is 5.47. The molecule has 0 aromatic heterocycles. The summed E-state index contributed by atoms with van der Waals surface area (Å²) in [7, 11) is 3.94. The lowest BCUT2D eigenvalue weighted by atomic mass is 9.75. The van der Waals surface area contributed by atoms with Gasteiger partial charge in [0.1, 0.15) is 5.54 Å². The molecule has 0 radical (unpaired) electrons. The zero-order valence-corrected chi connectivity index (χ0v) is 18.4. The summed E-state index contributed by atoms with van der Waals surface area (Å²) >= 11 is 5.63. The molecule has 5 nitrogen and oxygen atoms in total. The molecule has 1 saturated carbocycles. The van der Waals surface area contributed by atoms with Crippen LogP contribution in [0, 0.1) is 6.57 Å². The van der Waals surface area contributed by atoms with Gasteiger partial charge in [-0.2, -0.15) is 13.2 Å². The second-order valence-corrected chi connectivity index (χ2v) is 8.72. The molecule has 4 rings (SSSR count). The number of thiocarbonyl (C=S) groups is 1. The monoisotopic (exact) mass is 458 g/mol. The molecule has 0 atom stereocenters. The van der Waals surface area contributed by atoms with E-state index >= 15 is 0 Å². The van der Waals surface area contributed by atoms with Gasteiger partial charge in [0.05, 0.1) is 12.1 Å². The third-order valence-electron chi connectivity index (χ3n) is 5.95. The minimum atomic E-state index is -4.71. The van der Waals surface area contributed by atoms with E-state index < -0.39 is 23.0 Å². The summed E-state index contributed by atoms with van der Waals surface area (Å²) in [6.45, 7) is 7.80. The van der Waals surface area contributed by atoms with Crippen LogP contribution in [0.15, 0.2) is 42.5 Å². The van der Waals surface area contributed by atoms with Gasteiger partial charge in [-0.1, -0.05) is 18.2 Å². The number of amides is 1. The fourth-order valence-corrected chi connectivity index (χ4v) is 4.78. The Hall–Kier alpha value is -2.96. The van der Waals surface area contributed by atoms with Crippen molar-refractivity contribution in [3.05, 3.63) is 65.0 Å². The molecule has 0 N–H and O–H groups in total. The van der Waals surface area contributed by atoms with E-state index in [-0.39, 0.29) is 16.7 Å². The standard InChI is InChI=1S/C23H21F3N4OS/c1-27-19-10-9-17(13-18(19)23(24,25)26)29-20(31)22(11-4-12-22)30(21(29)32)16-7-5-15(6-8-16)14-28(2)3/h5-10,13H,4,11-12,14H2,2-3H3. The first kappa shape index (κ1) is 22.2. The van der Waals surface area contributed by atoms with Gasteiger partial charge in [-0.3, -0.25) is 9.69 Å². The van der Waals surface area contributed by atoms with Crippen LogP contribution < -0.4 is 9.80 Å². The Morgan fingerprint density at radius 1 is 1.12 bits per heavy atom. The van der Waals surface area contributed by atoms with E-state index in [4.69, 9.17) is 18.8 Å². The first-order valence-electron chi connectivity index (χ1n) is 10.1. The Morgan fingerprint density at radius 2 is 1.75 bits per heavy atom. The highest BCUT2D eigenvalue weighted by molar-refractivity contribution is 7.81. The van der Waals surface area contributed by atoms with Crippen molar-refractivity contribution in [3.63, 3.8) is 0 Å². The first-order valence-corrected chi connectivity index (χ1v) is 10.5. The van der Waals surface area contributed by atoms with E-state index in [1.165, 1.54) is 11.0 Å². The second kappa shape index (κ2) is 7.87. The van der Waals surface area contributed by atoms with E-state index in [9.17, 15) is 18.0 Å². The lowest BCUT2D eigenvalue weighted by Crippen LogP contribution is -2.55. The zero-order chi connectivity index (χ0) is 23.3. The molecule has 1 aliphatic carbocycles. The SMILES string of the molecule is [C-]#[N+]c1ccc(N2C(=O)C3(CCC3)N(c3ccc(CN(C)C)cc3)C2=S)cc1C(F)(F)F. The molecule has 1 aliphatic heterocycles. The smallest absolute Gasteiger partial charge is 0.305 e. The number of carbonyl (C=O) groups excluding carboxylic acids is 1. The average Bonchev–Trinajstić information content (AvgIpc) is 2.94. The molecule has 1 heterocycles. The summed E-state index contributed by atoms with van der Waals surface area (Å²) in [4.78, 5) is 21.5. The molecule has 0 unspecified atom stereocenters. The zero-order valence-electron chi connectivity index (χ0n) is 17.6. The summed E-state index contributed by atoms with van der Waals surface area (Å²) < 4.78 is 40.5. The van der Waals surface area contributed by atoms with E-state index in [1.807, 2.05) is 43.3 Å². The maximum Gasteiger partial charge on any atom is 0.407 e. The summed E-state index contributed by atoms with van der Waals surface area (Å²) in [5.41, 5.74) is -0.601. The van der Waals surface area contributed by atoms with Crippen molar-refractivity contribution in [2.75, 3.05) is 23.9 Å². The quantitative estimate of drug-likeness (QED) is 0.455. The van der Waals surface area contributed by atoms with Crippen LogP contribution >= 0.6 is 12.2 Å². The van der Waals surface area contributed by atoms with Crippen molar-refractivity contribution in [1.82, 2.24) is 4.90 Å². The van der Waals surface area contributed by atoms with Crippen LogP contribution in [0.5, 0.6) is 0 Å². The van der Waals surface area contributed by atoms with E-state index in [2.05, 4.69) is 4.85 Å². The summed E-state index contributed by atoms with van der Waals surface area (Å²) in [5, 5.41) is 0.152. The molecule has 2 aromatic rings. The van der Waals surface area contributed by atoms with Crippen molar-refractivity contribution >= 4 is 40.3 Å². The summed E-state index contributed by atoms with van der Waals surface area (Å²) in [5.74, 6) is -0.324. The number of halogens is 3. The van der Waals surface area contributed by atoms with Crippen LogP contribution in [0.2, 0.25) is 0 Å². The largest absolute Gasteiger partial charge is 0.407 e.